The van der Waals surface area contributed by atoms with Gasteiger partial charge in [-0.15, -0.1) is 0 Å². The predicted octanol–water partition coefficient (Wildman–Crippen LogP) is 2.64. The van der Waals surface area contributed by atoms with Crippen molar-refractivity contribution in [2.24, 2.45) is 0 Å². The molecule has 2 heterocycles. The van der Waals surface area contributed by atoms with Gasteiger partial charge in [-0.05, 0) is 6.07 Å². The molecule has 0 spiro atoms. The van der Waals surface area contributed by atoms with E-state index in [0.717, 1.165) is 5.65 Å². The lowest BCUT2D eigenvalue weighted by Gasteiger charge is -1.95. The molecule has 0 saturated heterocycles. The molecule has 0 atom stereocenters. The molecule has 0 radical (unpaired) electrons. The Morgan fingerprint density at radius 2 is 2.18 bits per heavy atom. The summed E-state index contributed by atoms with van der Waals surface area (Å²) in [5.74, 6) is 0. The lowest BCUT2D eigenvalue weighted by Crippen LogP contribution is -1.82. The summed E-state index contributed by atoms with van der Waals surface area (Å²) in [5.41, 5.74) is 0.732. The van der Waals surface area contributed by atoms with Gasteiger partial charge in [0.25, 0.3) is 0 Å². The largest absolute Gasteiger partial charge is 0.304 e. The van der Waals surface area contributed by atoms with Crippen LogP contribution in [0.2, 0.25) is 10.0 Å². The van der Waals surface area contributed by atoms with Crippen molar-refractivity contribution in [2.45, 2.75) is 0 Å². The number of nitrogens with zero attached hydrogens (tertiary/aromatic N) is 2. The third-order valence-electron chi connectivity index (χ3n) is 1.41. The fraction of sp³-hybridized carbons (Fsp3) is 0. The zero-order valence-corrected chi connectivity index (χ0v) is 6.97. The molecule has 11 heavy (non-hydrogen) atoms. The number of halogens is 2. The van der Waals surface area contributed by atoms with Gasteiger partial charge in [0.05, 0.1) is 10.0 Å². The molecule has 0 aromatic carbocycles. The maximum Gasteiger partial charge on any atom is 0.155 e. The minimum Gasteiger partial charge on any atom is -0.304 e. The van der Waals surface area contributed by atoms with Crippen molar-refractivity contribution in [2.75, 3.05) is 0 Å². The minimum atomic E-state index is 0.572. The first-order valence-corrected chi connectivity index (χ1v) is 3.81. The molecule has 2 aromatic heterocycles. The smallest absolute Gasteiger partial charge is 0.155 e. The lowest BCUT2D eigenvalue weighted by atomic mass is 10.5. The SMILES string of the molecule is Clc1cc(Cl)c2nccn2c1. The van der Waals surface area contributed by atoms with Crippen molar-refractivity contribution in [3.8, 4) is 0 Å². The zero-order chi connectivity index (χ0) is 7.84. The average molecular weight is 187 g/mol. The van der Waals surface area contributed by atoms with Crippen LogP contribution >= 0.6 is 23.2 Å². The standard InChI is InChI=1S/C7H4Cl2N2/c8-5-3-6(9)7-10-1-2-11(7)4-5/h1-4H. The van der Waals surface area contributed by atoms with Crippen LogP contribution in [-0.4, -0.2) is 9.38 Å². The molecule has 2 rings (SSSR count). The molecule has 0 fully saturated rings. The second-order valence-corrected chi connectivity index (χ2v) is 3.01. The van der Waals surface area contributed by atoms with Gasteiger partial charge in [0.2, 0.25) is 0 Å². The monoisotopic (exact) mass is 186 g/mol. The highest BCUT2D eigenvalue weighted by Crippen LogP contribution is 2.20. The quantitative estimate of drug-likeness (QED) is 0.619. The van der Waals surface area contributed by atoms with Crippen molar-refractivity contribution in [1.29, 1.82) is 0 Å². The first kappa shape index (κ1) is 6.95. The summed E-state index contributed by atoms with van der Waals surface area (Å²) >= 11 is 11.6. The van der Waals surface area contributed by atoms with Crippen LogP contribution in [0.3, 0.4) is 0 Å². The Bertz CT molecular complexity index is 394. The van der Waals surface area contributed by atoms with Crippen LogP contribution in [0.25, 0.3) is 5.65 Å². The summed E-state index contributed by atoms with van der Waals surface area (Å²) in [7, 11) is 0. The van der Waals surface area contributed by atoms with E-state index in [1.807, 2.05) is 0 Å². The van der Waals surface area contributed by atoms with Crippen molar-refractivity contribution in [1.82, 2.24) is 9.38 Å². The summed E-state index contributed by atoms with van der Waals surface area (Å²) in [4.78, 5) is 4.03. The van der Waals surface area contributed by atoms with E-state index in [0.29, 0.717) is 10.0 Å². The highest BCUT2D eigenvalue weighted by molar-refractivity contribution is 6.36. The number of imidazole rings is 1. The van der Waals surface area contributed by atoms with E-state index in [1.54, 1.807) is 29.1 Å². The van der Waals surface area contributed by atoms with Crippen LogP contribution in [0.1, 0.15) is 0 Å². The molecule has 2 aromatic rings. The fourth-order valence-electron chi connectivity index (χ4n) is 0.958. The molecule has 56 valence electrons. The third-order valence-corrected chi connectivity index (χ3v) is 1.89. The maximum absolute atomic E-state index is 5.84. The number of aromatic nitrogens is 2. The average Bonchev–Trinajstić information content (AvgIpc) is 2.34. The molecule has 0 N–H and O–H groups in total. The molecule has 0 aliphatic rings. The third kappa shape index (κ3) is 1.08. The van der Waals surface area contributed by atoms with E-state index >= 15 is 0 Å². The molecule has 0 bridgehead atoms. The molecular formula is C7H4Cl2N2. The number of rotatable bonds is 0. The summed E-state index contributed by atoms with van der Waals surface area (Å²) in [6.45, 7) is 0. The lowest BCUT2D eigenvalue weighted by molar-refractivity contribution is 1.19. The van der Waals surface area contributed by atoms with Crippen LogP contribution < -0.4 is 0 Å². The number of hydrogen-bond acceptors (Lipinski definition) is 1. The maximum atomic E-state index is 5.84. The Balaban J connectivity index is 2.91. The van der Waals surface area contributed by atoms with Gasteiger partial charge in [-0.1, -0.05) is 23.2 Å². The molecule has 0 amide bonds. The minimum absolute atomic E-state index is 0.572. The van der Waals surface area contributed by atoms with Gasteiger partial charge in [-0.2, -0.15) is 0 Å². The highest BCUT2D eigenvalue weighted by atomic mass is 35.5. The Kier molecular flexibility index (Phi) is 1.51. The van der Waals surface area contributed by atoms with Gasteiger partial charge >= 0.3 is 0 Å². The van der Waals surface area contributed by atoms with Crippen molar-refractivity contribution in [3.63, 3.8) is 0 Å². The van der Waals surface area contributed by atoms with E-state index in [2.05, 4.69) is 4.98 Å². The first-order chi connectivity index (χ1) is 5.27. The Morgan fingerprint density at radius 3 is 3.00 bits per heavy atom. The van der Waals surface area contributed by atoms with Crippen LogP contribution in [-0.2, 0) is 0 Å². The van der Waals surface area contributed by atoms with Crippen molar-refractivity contribution < 1.29 is 0 Å². The second kappa shape index (κ2) is 2.40. The Morgan fingerprint density at radius 1 is 1.36 bits per heavy atom. The summed E-state index contributed by atoms with van der Waals surface area (Å²) in [5, 5.41) is 1.18. The van der Waals surface area contributed by atoms with E-state index in [9.17, 15) is 0 Å². The molecular weight excluding hydrogens is 183 g/mol. The van der Waals surface area contributed by atoms with Crippen molar-refractivity contribution in [3.05, 3.63) is 34.7 Å². The molecule has 0 saturated carbocycles. The van der Waals surface area contributed by atoms with Gasteiger partial charge in [0, 0.05) is 18.6 Å². The molecule has 0 aliphatic carbocycles. The highest BCUT2D eigenvalue weighted by Gasteiger charge is 2.00. The zero-order valence-electron chi connectivity index (χ0n) is 5.46. The molecule has 2 nitrogen and oxygen atoms in total. The van der Waals surface area contributed by atoms with Crippen LogP contribution in [0.5, 0.6) is 0 Å². The fourth-order valence-corrected chi connectivity index (χ4v) is 1.49. The second-order valence-electron chi connectivity index (χ2n) is 2.16. The van der Waals surface area contributed by atoms with Crippen LogP contribution in [0.15, 0.2) is 24.7 Å². The number of hydrogen-bond donors (Lipinski definition) is 0. The Labute approximate surface area is 73.4 Å². The van der Waals surface area contributed by atoms with Crippen LogP contribution in [0.4, 0.5) is 0 Å². The van der Waals surface area contributed by atoms with Gasteiger partial charge in [0.15, 0.2) is 5.65 Å². The van der Waals surface area contributed by atoms with Gasteiger partial charge < -0.3 is 4.40 Å². The van der Waals surface area contributed by atoms with Gasteiger partial charge in [0.1, 0.15) is 0 Å². The summed E-state index contributed by atoms with van der Waals surface area (Å²) in [6, 6.07) is 1.67. The predicted molar refractivity (Wildman–Crippen MR) is 45.2 cm³/mol. The molecule has 0 aliphatic heterocycles. The number of fused-ring (bicyclic) bond motifs is 1. The van der Waals surface area contributed by atoms with Crippen molar-refractivity contribution >= 4 is 28.8 Å². The number of pyridine rings is 1. The van der Waals surface area contributed by atoms with Gasteiger partial charge in [-0.25, -0.2) is 4.98 Å². The van der Waals surface area contributed by atoms with Gasteiger partial charge in [-0.3, -0.25) is 0 Å². The van der Waals surface area contributed by atoms with Crippen LogP contribution in [0, 0.1) is 0 Å². The van der Waals surface area contributed by atoms with E-state index < -0.39 is 0 Å². The molecule has 0 unspecified atom stereocenters. The normalized spacial score (nSPS) is 10.7. The summed E-state index contributed by atoms with van der Waals surface area (Å²) in [6.07, 6.45) is 5.24. The van der Waals surface area contributed by atoms with E-state index in [4.69, 9.17) is 23.2 Å². The topological polar surface area (TPSA) is 17.3 Å². The molecule has 4 heteroatoms. The first-order valence-electron chi connectivity index (χ1n) is 3.05. The van der Waals surface area contributed by atoms with E-state index in [-0.39, 0.29) is 0 Å². The Hall–Kier alpha value is -0.730. The van der Waals surface area contributed by atoms with E-state index in [1.165, 1.54) is 0 Å². The summed E-state index contributed by atoms with van der Waals surface area (Å²) < 4.78 is 1.78.